The minimum Gasteiger partial charge on any atom is -0.114 e. The number of hydrogen-bond acceptors (Lipinski definition) is 0. The van der Waals surface area contributed by atoms with Crippen molar-refractivity contribution in [2.45, 2.75) is 6.42 Å². The summed E-state index contributed by atoms with van der Waals surface area (Å²) in [4.78, 5) is 0. The van der Waals surface area contributed by atoms with Crippen LogP contribution in [0.15, 0.2) is 43.0 Å². The molecule has 1 atom stereocenters. The number of rotatable bonds is 3. The lowest BCUT2D eigenvalue weighted by Gasteiger charge is -1.96. The molecule has 0 aliphatic rings. The normalized spacial score (nSPS) is 9.62. The molecule has 0 bridgehead atoms. The molecule has 0 amide bonds. The van der Waals surface area contributed by atoms with Crippen molar-refractivity contribution >= 4 is 37.6 Å². The van der Waals surface area contributed by atoms with Crippen molar-refractivity contribution < 1.29 is 0 Å². The highest BCUT2D eigenvalue weighted by Gasteiger charge is 1.88. The smallest absolute Gasteiger partial charge is 0.0169 e. The molecule has 0 saturated heterocycles. The fourth-order valence-corrected chi connectivity index (χ4v) is 1.26. The summed E-state index contributed by atoms with van der Waals surface area (Å²) in [6, 6.07) is 8.26. The van der Waals surface area contributed by atoms with E-state index < -0.39 is 0 Å². The van der Waals surface area contributed by atoms with Crippen LogP contribution in [-0.4, -0.2) is 0 Å². The largest absolute Gasteiger partial charge is 0.114 e. The van der Waals surface area contributed by atoms with Gasteiger partial charge in [-0.3, -0.25) is 0 Å². The highest BCUT2D eigenvalue weighted by molar-refractivity contribution is 8.93. The fraction of sp³-hybridized carbons (Fsp3) is 0.0909. The van der Waals surface area contributed by atoms with Crippen LogP contribution in [0.5, 0.6) is 0 Å². The summed E-state index contributed by atoms with van der Waals surface area (Å²) in [6.07, 6.45) is 7.04. The van der Waals surface area contributed by atoms with Gasteiger partial charge in [0, 0.05) is 0 Å². The van der Waals surface area contributed by atoms with Gasteiger partial charge in [0.05, 0.1) is 0 Å². The zero-order valence-electron chi connectivity index (χ0n) is 7.44. The van der Waals surface area contributed by atoms with Crippen LogP contribution in [0, 0.1) is 0 Å². The van der Waals surface area contributed by atoms with Crippen molar-refractivity contribution in [2.75, 3.05) is 0 Å². The molecule has 0 fully saturated rings. The van der Waals surface area contributed by atoms with Crippen molar-refractivity contribution in [2.24, 2.45) is 0 Å². The van der Waals surface area contributed by atoms with Gasteiger partial charge in [0.25, 0.3) is 0 Å². The van der Waals surface area contributed by atoms with Crippen molar-refractivity contribution in [3.8, 4) is 0 Å². The molecule has 0 N–H and O–H groups in total. The second kappa shape index (κ2) is 7.06. The van der Waals surface area contributed by atoms with Crippen LogP contribution < -0.4 is 5.30 Å². The predicted octanol–water partition coefficient (Wildman–Crippen LogP) is 3.35. The van der Waals surface area contributed by atoms with Gasteiger partial charge in [-0.05, 0) is 17.3 Å². The Morgan fingerprint density at radius 3 is 2.62 bits per heavy atom. The van der Waals surface area contributed by atoms with Crippen LogP contribution in [0.1, 0.15) is 12.0 Å². The van der Waals surface area contributed by atoms with Crippen molar-refractivity contribution in [3.63, 3.8) is 0 Å². The Hall–Kier alpha value is -0.390. The Morgan fingerprint density at radius 1 is 1.31 bits per heavy atom. The zero-order valence-corrected chi connectivity index (χ0v) is 10.3. The summed E-state index contributed by atoms with van der Waals surface area (Å²) in [6.45, 7) is 3.66. The maximum absolute atomic E-state index is 3.66. The fourth-order valence-electron chi connectivity index (χ4n) is 0.954. The van der Waals surface area contributed by atoms with E-state index in [1.807, 2.05) is 18.2 Å². The summed E-state index contributed by atoms with van der Waals surface area (Å²) in [5.74, 6) is 0. The number of allylic oxidation sites excluding steroid dienone is 2. The molecule has 0 spiro atoms. The molecule has 70 valence electrons. The highest BCUT2D eigenvalue weighted by Crippen LogP contribution is 2.03. The lowest BCUT2D eigenvalue weighted by molar-refractivity contribution is 1.42. The van der Waals surface area contributed by atoms with Gasteiger partial charge in [0.1, 0.15) is 0 Å². The third kappa shape index (κ3) is 4.40. The van der Waals surface area contributed by atoms with Gasteiger partial charge < -0.3 is 0 Å². The van der Waals surface area contributed by atoms with Gasteiger partial charge in [-0.2, -0.15) is 0 Å². The van der Waals surface area contributed by atoms with Crippen LogP contribution >= 0.6 is 26.2 Å². The molecule has 1 aromatic rings. The number of benzene rings is 1. The molecule has 0 aromatic heterocycles. The summed E-state index contributed by atoms with van der Waals surface area (Å²) in [5, 5.41) is 1.23. The monoisotopic (exact) mass is 256 g/mol. The molecule has 1 unspecified atom stereocenters. The van der Waals surface area contributed by atoms with Crippen molar-refractivity contribution in [1.29, 1.82) is 0 Å². The van der Waals surface area contributed by atoms with Gasteiger partial charge in [0.2, 0.25) is 0 Å². The highest BCUT2D eigenvalue weighted by atomic mass is 79.9. The topological polar surface area (TPSA) is 0 Å². The van der Waals surface area contributed by atoms with Crippen LogP contribution in [0.4, 0.5) is 0 Å². The number of halogens is 1. The molecule has 0 saturated carbocycles. The molecular weight excluding hydrogens is 243 g/mol. The van der Waals surface area contributed by atoms with Crippen molar-refractivity contribution in [1.82, 2.24) is 0 Å². The first-order valence-electron chi connectivity index (χ1n) is 3.96. The van der Waals surface area contributed by atoms with E-state index in [9.17, 15) is 0 Å². The maximum Gasteiger partial charge on any atom is -0.0169 e. The van der Waals surface area contributed by atoms with E-state index in [1.54, 1.807) is 0 Å². The van der Waals surface area contributed by atoms with Crippen LogP contribution in [0.2, 0.25) is 0 Å². The van der Waals surface area contributed by atoms with E-state index in [4.69, 9.17) is 0 Å². The van der Waals surface area contributed by atoms with E-state index >= 15 is 0 Å². The molecule has 0 aliphatic heterocycles. The van der Waals surface area contributed by atoms with Crippen LogP contribution in [-0.2, 0) is 0 Å². The van der Waals surface area contributed by atoms with E-state index in [-0.39, 0.29) is 17.0 Å². The molecule has 0 radical (unpaired) electrons. The molecule has 1 aromatic carbocycles. The molecule has 0 nitrogen and oxygen atoms in total. The Kier molecular flexibility index (Phi) is 6.84. The molecule has 2 heteroatoms. The Balaban J connectivity index is 0.00000144. The third-order valence-electron chi connectivity index (χ3n) is 1.60. The second-order valence-electron chi connectivity index (χ2n) is 2.56. The molecular formula is C11H14BrP. The van der Waals surface area contributed by atoms with Gasteiger partial charge in [-0.1, -0.05) is 42.5 Å². The summed E-state index contributed by atoms with van der Waals surface area (Å²) in [7, 11) is 2.72. The minimum atomic E-state index is 0. The Morgan fingerprint density at radius 2 is 2.00 bits per heavy atom. The standard InChI is InChI=1S/C11H13P.BrH/c1-2-3-4-7-10-8-5-6-9-11(10)12;/h2,4-9H,1,3,12H2;1H. The third-order valence-corrected chi connectivity index (χ3v) is 2.12. The van der Waals surface area contributed by atoms with Crippen molar-refractivity contribution in [3.05, 3.63) is 48.6 Å². The lowest BCUT2D eigenvalue weighted by atomic mass is 10.2. The molecule has 13 heavy (non-hydrogen) atoms. The first-order valence-corrected chi connectivity index (χ1v) is 4.54. The maximum atomic E-state index is 3.66. The van der Waals surface area contributed by atoms with E-state index in [0.717, 1.165) is 6.42 Å². The summed E-state index contributed by atoms with van der Waals surface area (Å²) >= 11 is 0. The first kappa shape index (κ1) is 12.6. The zero-order chi connectivity index (χ0) is 8.81. The van der Waals surface area contributed by atoms with Gasteiger partial charge in [-0.15, -0.1) is 32.8 Å². The predicted molar refractivity (Wildman–Crippen MR) is 70.0 cm³/mol. The minimum absolute atomic E-state index is 0. The molecule has 0 heterocycles. The van der Waals surface area contributed by atoms with E-state index in [0.29, 0.717) is 0 Å². The average molecular weight is 257 g/mol. The van der Waals surface area contributed by atoms with Crippen LogP contribution in [0.3, 0.4) is 0 Å². The van der Waals surface area contributed by atoms with Crippen LogP contribution in [0.25, 0.3) is 6.08 Å². The SMILES string of the molecule is Br.C=CCC=Cc1ccccc1P. The molecule has 0 aliphatic carbocycles. The number of hydrogen-bond donors (Lipinski definition) is 0. The average Bonchev–Trinajstić information content (AvgIpc) is 2.09. The molecule has 1 rings (SSSR count). The Bertz CT molecular complexity index is 292. The van der Waals surface area contributed by atoms with E-state index in [1.165, 1.54) is 10.9 Å². The second-order valence-corrected chi connectivity index (χ2v) is 3.18. The van der Waals surface area contributed by atoms with E-state index in [2.05, 4.69) is 40.1 Å². The van der Waals surface area contributed by atoms with Gasteiger partial charge in [-0.25, -0.2) is 0 Å². The summed E-state index contributed by atoms with van der Waals surface area (Å²) < 4.78 is 0. The first-order chi connectivity index (χ1) is 5.84. The summed E-state index contributed by atoms with van der Waals surface area (Å²) in [5.41, 5.74) is 1.25. The Labute approximate surface area is 92.7 Å². The lowest BCUT2D eigenvalue weighted by Crippen LogP contribution is -1.93. The quantitative estimate of drug-likeness (QED) is 0.575. The van der Waals surface area contributed by atoms with Gasteiger partial charge >= 0.3 is 0 Å². The van der Waals surface area contributed by atoms with Gasteiger partial charge in [0.15, 0.2) is 0 Å².